The molecule has 2 heterocycles. The van der Waals surface area contributed by atoms with Crippen LogP contribution in [0, 0.1) is 0 Å². The molecule has 0 fully saturated rings. The summed E-state index contributed by atoms with van der Waals surface area (Å²) in [7, 11) is 0. The topological polar surface area (TPSA) is 46.9 Å². The fraction of sp³-hybridized carbons (Fsp3) is 0.200. The number of nitrogens with zero attached hydrogens (tertiary/aromatic N) is 2. The zero-order chi connectivity index (χ0) is 7.14. The van der Waals surface area contributed by atoms with Crippen LogP contribution in [0.15, 0.2) is 6.20 Å². The minimum absolute atomic E-state index is 0.0599. The highest BCUT2D eigenvalue weighted by Crippen LogP contribution is 2.12. The Labute approximate surface area is 62.8 Å². The van der Waals surface area contributed by atoms with E-state index in [1.54, 1.807) is 6.20 Å². The van der Waals surface area contributed by atoms with Crippen LogP contribution in [-0.4, -0.2) is 15.1 Å². The van der Waals surface area contributed by atoms with Crippen LogP contribution >= 0.6 is 12.8 Å². The van der Waals surface area contributed by atoms with Gasteiger partial charge in [0.25, 0.3) is 5.91 Å². The summed E-state index contributed by atoms with van der Waals surface area (Å²) in [6.45, 7) is 0.529. The molecule has 1 aliphatic rings. The lowest BCUT2D eigenvalue weighted by molar-refractivity contribution is 0.0965. The van der Waals surface area contributed by atoms with E-state index < -0.39 is 0 Å². The van der Waals surface area contributed by atoms with Crippen LogP contribution in [0.3, 0.4) is 0 Å². The Morgan fingerprint density at radius 3 is 3.30 bits per heavy atom. The van der Waals surface area contributed by atoms with E-state index in [2.05, 4.69) is 23.2 Å². The number of hydrogen-bond donors (Lipinski definition) is 2. The number of amides is 1. The minimum atomic E-state index is -0.0599. The Morgan fingerprint density at radius 1 is 1.80 bits per heavy atom. The maximum atomic E-state index is 10.9. The number of hydrogen-bond acceptors (Lipinski definition) is 3. The van der Waals surface area contributed by atoms with Gasteiger partial charge < -0.3 is 5.32 Å². The van der Waals surface area contributed by atoms with Gasteiger partial charge in [0.05, 0.1) is 24.0 Å². The lowest BCUT2D eigenvalue weighted by atomic mass is 10.3. The molecule has 0 spiro atoms. The van der Waals surface area contributed by atoms with Crippen molar-refractivity contribution in [3.63, 3.8) is 0 Å². The van der Waals surface area contributed by atoms with Crippen molar-refractivity contribution in [3.8, 4) is 0 Å². The number of carbonyl (C=O) groups excluding carboxylic acids is 1. The first-order valence-corrected chi connectivity index (χ1v) is 3.23. The van der Waals surface area contributed by atoms with Crippen molar-refractivity contribution < 1.29 is 4.79 Å². The number of carbonyl (C=O) groups is 1. The lowest BCUT2D eigenvalue weighted by Crippen LogP contribution is -2.13. The van der Waals surface area contributed by atoms with Gasteiger partial charge in [0, 0.05) is 0 Å². The summed E-state index contributed by atoms with van der Waals surface area (Å²) in [6, 6.07) is 0. The average molecular weight is 155 g/mol. The lowest BCUT2D eigenvalue weighted by Gasteiger charge is -1.88. The molecule has 4 nitrogen and oxygen atoms in total. The first-order valence-electron chi connectivity index (χ1n) is 2.83. The molecule has 0 radical (unpaired) electrons. The highest BCUT2D eigenvalue weighted by Gasteiger charge is 2.21. The van der Waals surface area contributed by atoms with Gasteiger partial charge in [-0.1, -0.05) is 0 Å². The van der Waals surface area contributed by atoms with E-state index in [0.29, 0.717) is 12.1 Å². The second-order valence-corrected chi connectivity index (χ2v) is 2.50. The Kier molecular flexibility index (Phi) is 1.02. The molecule has 0 aliphatic carbocycles. The SMILES string of the molecule is O=C1NCc2nn(S)cc21. The molecule has 52 valence electrons. The number of thiol groups is 1. The van der Waals surface area contributed by atoms with Crippen molar-refractivity contribution in [2.24, 2.45) is 0 Å². The monoisotopic (exact) mass is 155 g/mol. The Hall–Kier alpha value is -0.970. The fourth-order valence-electron chi connectivity index (χ4n) is 0.976. The molecule has 10 heavy (non-hydrogen) atoms. The van der Waals surface area contributed by atoms with E-state index in [1.807, 2.05) is 0 Å². The van der Waals surface area contributed by atoms with E-state index >= 15 is 0 Å². The molecule has 0 aromatic carbocycles. The Balaban J connectivity index is 2.59. The molecule has 5 heteroatoms. The highest BCUT2D eigenvalue weighted by molar-refractivity contribution is 7.78. The summed E-state index contributed by atoms with van der Waals surface area (Å²) < 4.78 is 1.35. The van der Waals surface area contributed by atoms with Gasteiger partial charge in [-0.3, -0.25) is 4.79 Å². The molecule has 1 aliphatic heterocycles. The first-order chi connectivity index (χ1) is 4.77. The zero-order valence-electron chi connectivity index (χ0n) is 5.03. The van der Waals surface area contributed by atoms with Crippen LogP contribution in [0.5, 0.6) is 0 Å². The van der Waals surface area contributed by atoms with Crippen molar-refractivity contribution in [1.82, 2.24) is 14.5 Å². The molecule has 2 rings (SSSR count). The van der Waals surface area contributed by atoms with E-state index in [4.69, 9.17) is 0 Å². The molecule has 0 bridgehead atoms. The van der Waals surface area contributed by atoms with Gasteiger partial charge in [0.15, 0.2) is 0 Å². The molecule has 0 atom stereocenters. The van der Waals surface area contributed by atoms with Gasteiger partial charge in [-0.05, 0) is 12.8 Å². The van der Waals surface area contributed by atoms with Crippen molar-refractivity contribution in [3.05, 3.63) is 17.5 Å². The number of rotatable bonds is 0. The Morgan fingerprint density at radius 2 is 2.60 bits per heavy atom. The molecule has 0 unspecified atom stereocenters. The van der Waals surface area contributed by atoms with Gasteiger partial charge in [-0.15, -0.1) is 0 Å². The highest BCUT2D eigenvalue weighted by atomic mass is 32.1. The minimum Gasteiger partial charge on any atom is -0.346 e. The van der Waals surface area contributed by atoms with Gasteiger partial charge in [-0.25, -0.2) is 4.09 Å². The third-order valence-electron chi connectivity index (χ3n) is 1.44. The maximum absolute atomic E-state index is 10.9. The summed E-state index contributed by atoms with van der Waals surface area (Å²) >= 11 is 3.93. The second kappa shape index (κ2) is 1.76. The van der Waals surface area contributed by atoms with E-state index in [1.165, 1.54) is 4.09 Å². The van der Waals surface area contributed by atoms with Crippen LogP contribution in [0.25, 0.3) is 0 Å². The van der Waals surface area contributed by atoms with Crippen LogP contribution in [0.2, 0.25) is 0 Å². The smallest absolute Gasteiger partial charge is 0.255 e. The molecular weight excluding hydrogens is 150 g/mol. The first kappa shape index (κ1) is 5.79. The van der Waals surface area contributed by atoms with Crippen LogP contribution in [0.1, 0.15) is 16.1 Å². The van der Waals surface area contributed by atoms with Gasteiger partial charge in [0.2, 0.25) is 0 Å². The maximum Gasteiger partial charge on any atom is 0.255 e. The van der Waals surface area contributed by atoms with Crippen LogP contribution < -0.4 is 5.32 Å². The summed E-state index contributed by atoms with van der Waals surface area (Å²) in [5.74, 6) is -0.0599. The predicted octanol–water partition coefficient (Wildman–Crippen LogP) is -0.181. The van der Waals surface area contributed by atoms with Crippen LogP contribution in [-0.2, 0) is 6.54 Å². The van der Waals surface area contributed by atoms with E-state index in [-0.39, 0.29) is 5.91 Å². The molecule has 0 saturated heterocycles. The normalized spacial score (nSPS) is 15.1. The van der Waals surface area contributed by atoms with Crippen molar-refractivity contribution >= 4 is 18.7 Å². The van der Waals surface area contributed by atoms with Gasteiger partial charge in [-0.2, -0.15) is 5.10 Å². The third-order valence-corrected chi connectivity index (χ3v) is 1.64. The van der Waals surface area contributed by atoms with Gasteiger partial charge in [0.1, 0.15) is 0 Å². The molecular formula is C5H5N3OS. The van der Waals surface area contributed by atoms with Crippen molar-refractivity contribution in [1.29, 1.82) is 0 Å². The Bertz CT molecular complexity index is 293. The van der Waals surface area contributed by atoms with Crippen molar-refractivity contribution in [2.45, 2.75) is 6.54 Å². The van der Waals surface area contributed by atoms with Crippen LogP contribution in [0.4, 0.5) is 0 Å². The average Bonchev–Trinajstić information content (AvgIpc) is 2.35. The number of fused-ring (bicyclic) bond motifs is 1. The van der Waals surface area contributed by atoms with Gasteiger partial charge >= 0.3 is 0 Å². The fourth-order valence-corrected chi connectivity index (χ4v) is 1.20. The van der Waals surface area contributed by atoms with E-state index in [9.17, 15) is 4.79 Å². The quantitative estimate of drug-likeness (QED) is 0.510. The van der Waals surface area contributed by atoms with Crippen molar-refractivity contribution in [2.75, 3.05) is 0 Å². The number of nitrogens with one attached hydrogen (secondary N) is 1. The largest absolute Gasteiger partial charge is 0.346 e. The molecule has 1 amide bonds. The summed E-state index contributed by atoms with van der Waals surface area (Å²) in [5, 5.41) is 6.58. The molecule has 1 aromatic heterocycles. The third kappa shape index (κ3) is 0.637. The summed E-state index contributed by atoms with van der Waals surface area (Å²) in [5.41, 5.74) is 1.41. The summed E-state index contributed by atoms with van der Waals surface area (Å²) in [4.78, 5) is 10.9. The zero-order valence-corrected chi connectivity index (χ0v) is 5.93. The standard InChI is InChI=1S/C5H5N3OS/c9-5-3-2-8(10)7-4(3)1-6-5/h2,10H,1H2,(H,6,9). The molecule has 1 aromatic rings. The van der Waals surface area contributed by atoms with E-state index in [0.717, 1.165) is 5.69 Å². The number of aromatic nitrogens is 2. The molecule has 1 N–H and O–H groups in total. The molecule has 0 saturated carbocycles. The predicted molar refractivity (Wildman–Crippen MR) is 37.8 cm³/mol. The second-order valence-electron chi connectivity index (χ2n) is 2.09. The summed E-state index contributed by atoms with van der Waals surface area (Å²) in [6.07, 6.45) is 1.60.